The van der Waals surface area contributed by atoms with E-state index in [1.54, 1.807) is 16.8 Å². The van der Waals surface area contributed by atoms with Gasteiger partial charge in [0, 0.05) is 17.7 Å². The number of benzene rings is 1. The molecular weight excluding hydrogens is 320 g/mol. The molecule has 1 aromatic heterocycles. The maximum atomic E-state index is 12.6. The number of fused-ring (bicyclic) bond motifs is 1. The topological polar surface area (TPSA) is 100 Å². The molecule has 0 fully saturated rings. The van der Waals surface area contributed by atoms with Crippen molar-refractivity contribution in [1.82, 2.24) is 9.78 Å². The normalized spacial score (nSPS) is 18.9. The Labute approximate surface area is 144 Å². The lowest BCUT2D eigenvalue weighted by Gasteiger charge is -2.33. The number of nitrogens with one attached hydrogen (secondary N) is 1. The van der Waals surface area contributed by atoms with Gasteiger partial charge in [0.25, 0.3) is 0 Å². The lowest BCUT2D eigenvalue weighted by Crippen LogP contribution is -2.31. The summed E-state index contributed by atoms with van der Waals surface area (Å²) >= 11 is 0. The number of allylic oxidation sites excluding steroid dienone is 2. The highest BCUT2D eigenvalue weighted by atomic mass is 16.5. The predicted octanol–water partition coefficient (Wildman–Crippen LogP) is 2.49. The van der Waals surface area contributed by atoms with Crippen molar-refractivity contribution in [1.29, 1.82) is 5.26 Å². The second-order valence-electron chi connectivity index (χ2n) is 6.09. The molecule has 1 atom stereocenters. The number of anilines is 1. The molecule has 126 valence electrons. The van der Waals surface area contributed by atoms with Gasteiger partial charge in [0.1, 0.15) is 23.5 Å². The zero-order valence-electron chi connectivity index (χ0n) is 13.6. The lowest BCUT2D eigenvalue weighted by molar-refractivity contribution is -0.116. The minimum atomic E-state index is -0.448. The Morgan fingerprint density at radius 1 is 1.44 bits per heavy atom. The molecule has 1 aliphatic carbocycles. The molecule has 2 N–H and O–H groups in total. The molecule has 25 heavy (non-hydrogen) atoms. The standard InChI is InChI=1S/C18H16N4O3/c1-25-15-7-10(5-6-13(15)23)17-16-12(3-2-4-14(16)24)21-18-11(8-19)9-20-22(17)18/h5-7,9,17,21,23H,2-4H2,1H3/t17-/m1/s1. The van der Waals surface area contributed by atoms with E-state index in [9.17, 15) is 15.2 Å². The Morgan fingerprint density at radius 2 is 2.28 bits per heavy atom. The van der Waals surface area contributed by atoms with Gasteiger partial charge in [-0.2, -0.15) is 10.4 Å². The molecule has 7 heteroatoms. The summed E-state index contributed by atoms with van der Waals surface area (Å²) in [7, 11) is 1.48. The number of phenolic OH excluding ortho intramolecular Hbond substituents is 1. The van der Waals surface area contributed by atoms with Gasteiger partial charge >= 0.3 is 0 Å². The van der Waals surface area contributed by atoms with Gasteiger partial charge in [0.15, 0.2) is 17.3 Å². The molecule has 0 radical (unpaired) electrons. The summed E-state index contributed by atoms with van der Waals surface area (Å²) in [6, 6.07) is 6.67. The SMILES string of the molecule is COc1cc([C@@H]2C3=C(CCCC3=O)Nc3c(C#N)cnn32)ccc1O. The van der Waals surface area contributed by atoms with Gasteiger partial charge in [-0.1, -0.05) is 6.07 Å². The number of nitrogens with zero attached hydrogens (tertiary/aromatic N) is 3. The summed E-state index contributed by atoms with van der Waals surface area (Å²) in [6.07, 6.45) is 3.53. The highest BCUT2D eigenvalue weighted by molar-refractivity contribution is 5.99. The van der Waals surface area contributed by atoms with E-state index >= 15 is 0 Å². The van der Waals surface area contributed by atoms with Crippen LogP contribution >= 0.6 is 0 Å². The number of carbonyl (C=O) groups is 1. The zero-order valence-corrected chi connectivity index (χ0v) is 13.6. The molecule has 1 aromatic carbocycles. The van der Waals surface area contributed by atoms with Crippen LogP contribution in [0.25, 0.3) is 0 Å². The fraction of sp³-hybridized carbons (Fsp3) is 0.278. The van der Waals surface area contributed by atoms with E-state index in [-0.39, 0.29) is 11.5 Å². The van der Waals surface area contributed by atoms with Gasteiger partial charge in [-0.25, -0.2) is 4.68 Å². The first-order valence-electron chi connectivity index (χ1n) is 8.01. The quantitative estimate of drug-likeness (QED) is 0.874. The smallest absolute Gasteiger partial charge is 0.163 e. The van der Waals surface area contributed by atoms with Crippen LogP contribution in [-0.4, -0.2) is 27.8 Å². The van der Waals surface area contributed by atoms with Crippen molar-refractivity contribution in [3.05, 3.63) is 46.8 Å². The van der Waals surface area contributed by atoms with Gasteiger partial charge in [-0.15, -0.1) is 0 Å². The van der Waals surface area contributed by atoms with E-state index in [0.717, 1.165) is 24.1 Å². The third kappa shape index (κ3) is 2.26. The lowest BCUT2D eigenvalue weighted by atomic mass is 9.85. The van der Waals surface area contributed by atoms with Crippen LogP contribution in [-0.2, 0) is 4.79 Å². The number of aromatic nitrogens is 2. The summed E-state index contributed by atoms with van der Waals surface area (Å²) in [4.78, 5) is 12.6. The number of methoxy groups -OCH3 is 1. The van der Waals surface area contributed by atoms with E-state index in [2.05, 4.69) is 16.5 Å². The molecule has 2 aliphatic rings. The second kappa shape index (κ2) is 5.67. The molecule has 0 saturated heterocycles. The third-order valence-electron chi connectivity index (χ3n) is 4.68. The van der Waals surface area contributed by atoms with Crippen LogP contribution in [0.3, 0.4) is 0 Å². The molecule has 1 aliphatic heterocycles. The average Bonchev–Trinajstić information content (AvgIpc) is 3.03. The largest absolute Gasteiger partial charge is 0.504 e. The summed E-state index contributed by atoms with van der Waals surface area (Å²) in [5, 5.41) is 26.8. The molecule has 0 saturated carbocycles. The van der Waals surface area contributed by atoms with Crippen molar-refractivity contribution in [2.45, 2.75) is 25.3 Å². The van der Waals surface area contributed by atoms with Crippen molar-refractivity contribution in [2.24, 2.45) is 0 Å². The van der Waals surface area contributed by atoms with Gasteiger partial charge in [0.2, 0.25) is 0 Å². The number of phenols is 1. The Kier molecular flexibility index (Phi) is 3.46. The van der Waals surface area contributed by atoms with Crippen molar-refractivity contribution in [3.8, 4) is 17.6 Å². The number of rotatable bonds is 2. The van der Waals surface area contributed by atoms with Crippen LogP contribution in [0.15, 0.2) is 35.7 Å². The van der Waals surface area contributed by atoms with E-state index in [1.165, 1.54) is 19.4 Å². The zero-order chi connectivity index (χ0) is 17.6. The van der Waals surface area contributed by atoms with Gasteiger partial charge < -0.3 is 15.2 Å². The summed E-state index contributed by atoms with van der Waals surface area (Å²) in [6.45, 7) is 0. The molecule has 0 amide bonds. The highest BCUT2D eigenvalue weighted by Gasteiger charge is 2.36. The van der Waals surface area contributed by atoms with Gasteiger partial charge in [-0.3, -0.25) is 4.79 Å². The maximum Gasteiger partial charge on any atom is 0.163 e. The number of aromatic hydroxyl groups is 1. The predicted molar refractivity (Wildman–Crippen MR) is 89.2 cm³/mol. The van der Waals surface area contributed by atoms with Crippen molar-refractivity contribution < 1.29 is 14.6 Å². The minimum Gasteiger partial charge on any atom is -0.504 e. The number of Topliss-reactive ketones (excluding diaryl/α,β-unsaturated/α-hetero) is 1. The summed E-state index contributed by atoms with van der Waals surface area (Å²) in [5.74, 6) is 1.02. The average molecular weight is 336 g/mol. The fourth-order valence-corrected chi connectivity index (χ4v) is 3.51. The monoisotopic (exact) mass is 336 g/mol. The molecule has 2 heterocycles. The van der Waals surface area contributed by atoms with E-state index in [4.69, 9.17) is 4.74 Å². The highest BCUT2D eigenvalue weighted by Crippen LogP contribution is 2.42. The molecule has 7 nitrogen and oxygen atoms in total. The number of hydrogen-bond donors (Lipinski definition) is 2. The Hall–Kier alpha value is -3.27. The maximum absolute atomic E-state index is 12.6. The Bertz CT molecular complexity index is 952. The van der Waals surface area contributed by atoms with Crippen LogP contribution in [0.4, 0.5) is 5.82 Å². The molecule has 4 rings (SSSR count). The third-order valence-corrected chi connectivity index (χ3v) is 4.68. The number of ether oxygens (including phenoxy) is 1. The molecular formula is C18H16N4O3. The minimum absolute atomic E-state index is 0.0303. The fourth-order valence-electron chi connectivity index (χ4n) is 3.51. The second-order valence-corrected chi connectivity index (χ2v) is 6.09. The molecule has 0 unspecified atom stereocenters. The molecule has 0 bridgehead atoms. The van der Waals surface area contributed by atoms with Crippen LogP contribution in [0.5, 0.6) is 11.5 Å². The van der Waals surface area contributed by atoms with Crippen LogP contribution in [0.1, 0.15) is 36.4 Å². The van der Waals surface area contributed by atoms with Crippen LogP contribution in [0, 0.1) is 11.3 Å². The van der Waals surface area contributed by atoms with Crippen molar-refractivity contribution in [3.63, 3.8) is 0 Å². The number of ketones is 1. The van der Waals surface area contributed by atoms with E-state index < -0.39 is 6.04 Å². The van der Waals surface area contributed by atoms with E-state index in [1.807, 2.05) is 0 Å². The molecule has 2 aromatic rings. The van der Waals surface area contributed by atoms with E-state index in [0.29, 0.717) is 29.1 Å². The van der Waals surface area contributed by atoms with Gasteiger partial charge in [0.05, 0.1) is 13.3 Å². The Morgan fingerprint density at radius 3 is 3.04 bits per heavy atom. The summed E-state index contributed by atoms with van der Waals surface area (Å²) in [5.41, 5.74) is 2.71. The summed E-state index contributed by atoms with van der Waals surface area (Å²) < 4.78 is 6.86. The first kappa shape index (κ1) is 15.3. The van der Waals surface area contributed by atoms with Crippen LogP contribution < -0.4 is 10.1 Å². The van der Waals surface area contributed by atoms with Crippen LogP contribution in [0.2, 0.25) is 0 Å². The Balaban J connectivity index is 1.94. The number of nitriles is 1. The van der Waals surface area contributed by atoms with Crippen molar-refractivity contribution in [2.75, 3.05) is 12.4 Å². The number of carbonyl (C=O) groups excluding carboxylic acids is 1. The van der Waals surface area contributed by atoms with Gasteiger partial charge in [-0.05, 0) is 30.5 Å². The number of hydrogen-bond acceptors (Lipinski definition) is 6. The van der Waals surface area contributed by atoms with Crippen molar-refractivity contribution >= 4 is 11.6 Å². The first-order chi connectivity index (χ1) is 12.1. The molecule has 0 spiro atoms. The first-order valence-corrected chi connectivity index (χ1v) is 8.01.